The van der Waals surface area contributed by atoms with Crippen molar-refractivity contribution in [2.24, 2.45) is 5.10 Å². The molecule has 0 unspecified atom stereocenters. The summed E-state index contributed by atoms with van der Waals surface area (Å²) in [7, 11) is 0. The van der Waals surface area contributed by atoms with E-state index < -0.39 is 5.97 Å². The van der Waals surface area contributed by atoms with Crippen LogP contribution in [0.5, 0.6) is 0 Å². The van der Waals surface area contributed by atoms with Crippen LogP contribution in [-0.2, 0) is 4.79 Å². The molecule has 0 bridgehead atoms. The first-order valence-electron chi connectivity index (χ1n) is 10.4. The molecule has 4 rings (SSSR count). The number of aryl methyl sites for hydroxylation is 1. The second kappa shape index (κ2) is 10.6. The third-order valence-electron chi connectivity index (χ3n) is 4.84. The SMILES string of the molecule is Cc1ccc(-c2nnc(SCC(=O)N/N=C\c3ccc(C(=O)[O-])cc3)n2-c2ccccc2)cc1. The van der Waals surface area contributed by atoms with Crippen molar-refractivity contribution in [3.05, 3.63) is 95.6 Å². The Kier molecular flexibility index (Phi) is 7.14. The predicted octanol–water partition coefficient (Wildman–Crippen LogP) is 2.85. The maximum Gasteiger partial charge on any atom is 0.250 e. The van der Waals surface area contributed by atoms with Gasteiger partial charge < -0.3 is 9.90 Å². The zero-order chi connectivity index (χ0) is 23.9. The van der Waals surface area contributed by atoms with E-state index in [9.17, 15) is 14.7 Å². The second-order valence-corrected chi connectivity index (χ2v) is 8.28. The minimum absolute atomic E-state index is 0.0742. The molecule has 0 aliphatic carbocycles. The molecule has 0 atom stereocenters. The van der Waals surface area contributed by atoms with Crippen LogP contribution in [0, 0.1) is 6.92 Å². The average molecular weight is 471 g/mol. The van der Waals surface area contributed by atoms with Crippen LogP contribution in [0.3, 0.4) is 0 Å². The molecule has 170 valence electrons. The lowest BCUT2D eigenvalue weighted by Crippen LogP contribution is -2.22. The zero-order valence-electron chi connectivity index (χ0n) is 18.2. The number of aromatic nitrogens is 3. The monoisotopic (exact) mass is 470 g/mol. The van der Waals surface area contributed by atoms with Crippen LogP contribution in [0.1, 0.15) is 21.5 Å². The van der Waals surface area contributed by atoms with E-state index in [1.165, 1.54) is 30.1 Å². The lowest BCUT2D eigenvalue weighted by atomic mass is 10.1. The minimum atomic E-state index is -1.25. The van der Waals surface area contributed by atoms with E-state index in [-0.39, 0.29) is 17.2 Å². The van der Waals surface area contributed by atoms with E-state index in [0.717, 1.165) is 16.8 Å². The first kappa shape index (κ1) is 22.9. The zero-order valence-corrected chi connectivity index (χ0v) is 19.0. The minimum Gasteiger partial charge on any atom is -0.545 e. The van der Waals surface area contributed by atoms with Gasteiger partial charge in [-0.15, -0.1) is 10.2 Å². The highest BCUT2D eigenvalue weighted by Gasteiger charge is 2.17. The molecule has 1 heterocycles. The van der Waals surface area contributed by atoms with Gasteiger partial charge in [0.05, 0.1) is 17.9 Å². The van der Waals surface area contributed by atoms with Crippen molar-refractivity contribution >= 4 is 29.9 Å². The number of nitrogens with one attached hydrogen (secondary N) is 1. The summed E-state index contributed by atoms with van der Waals surface area (Å²) in [6.45, 7) is 2.02. The van der Waals surface area contributed by atoms with Gasteiger partial charge in [-0.1, -0.05) is 84.1 Å². The summed E-state index contributed by atoms with van der Waals surface area (Å²) in [5.41, 5.74) is 6.15. The Morgan fingerprint density at radius 3 is 2.38 bits per heavy atom. The van der Waals surface area contributed by atoms with Gasteiger partial charge in [0.1, 0.15) is 0 Å². The lowest BCUT2D eigenvalue weighted by Gasteiger charge is -2.10. The number of hydrogen-bond donors (Lipinski definition) is 1. The third kappa shape index (κ3) is 5.57. The number of thioether (sulfide) groups is 1. The number of para-hydroxylation sites is 1. The Bertz CT molecular complexity index is 1320. The van der Waals surface area contributed by atoms with Crippen LogP contribution < -0.4 is 10.5 Å². The Morgan fingerprint density at radius 1 is 1.00 bits per heavy atom. The summed E-state index contributed by atoms with van der Waals surface area (Å²) in [6.07, 6.45) is 1.43. The normalized spacial score (nSPS) is 11.0. The average Bonchev–Trinajstić information content (AvgIpc) is 3.28. The number of carbonyl (C=O) groups is 2. The molecular formula is C25H20N5O3S-. The summed E-state index contributed by atoms with van der Waals surface area (Å²) in [5.74, 6) is -0.790. The molecule has 1 N–H and O–H groups in total. The summed E-state index contributed by atoms with van der Waals surface area (Å²) in [5, 5.41) is 24.0. The van der Waals surface area contributed by atoms with Gasteiger partial charge in [-0.3, -0.25) is 9.36 Å². The summed E-state index contributed by atoms with van der Waals surface area (Å²) >= 11 is 1.25. The maximum atomic E-state index is 12.3. The van der Waals surface area contributed by atoms with Gasteiger partial charge >= 0.3 is 0 Å². The summed E-state index contributed by atoms with van der Waals surface area (Å²) < 4.78 is 1.92. The molecule has 0 fully saturated rings. The molecule has 0 saturated heterocycles. The Labute approximate surface area is 200 Å². The molecule has 1 amide bonds. The van der Waals surface area contributed by atoms with E-state index in [1.807, 2.05) is 66.1 Å². The van der Waals surface area contributed by atoms with E-state index in [0.29, 0.717) is 16.5 Å². The Hall–Kier alpha value is -4.24. The standard InChI is InChI=1S/C25H21N5O3S/c1-17-7-11-19(12-8-17)23-28-29-25(30(23)21-5-3-2-4-6-21)34-16-22(31)27-26-15-18-9-13-20(14-10-18)24(32)33/h2-15H,16H2,1H3,(H,27,31)(H,32,33)/p-1/b26-15-. The van der Waals surface area contributed by atoms with E-state index >= 15 is 0 Å². The van der Waals surface area contributed by atoms with Crippen LogP contribution >= 0.6 is 11.8 Å². The van der Waals surface area contributed by atoms with Crippen molar-refractivity contribution in [2.75, 3.05) is 5.75 Å². The van der Waals surface area contributed by atoms with Gasteiger partial charge in [-0.25, -0.2) is 5.43 Å². The van der Waals surface area contributed by atoms with Crippen LogP contribution in [0.25, 0.3) is 17.1 Å². The van der Waals surface area contributed by atoms with Gasteiger partial charge in [0.15, 0.2) is 11.0 Å². The number of amides is 1. The van der Waals surface area contributed by atoms with Crippen molar-refractivity contribution in [3.8, 4) is 17.1 Å². The fourth-order valence-electron chi connectivity index (χ4n) is 3.11. The maximum absolute atomic E-state index is 12.3. The molecule has 1 aromatic heterocycles. The van der Waals surface area contributed by atoms with E-state index in [2.05, 4.69) is 20.7 Å². The molecule has 34 heavy (non-hydrogen) atoms. The van der Waals surface area contributed by atoms with Crippen LogP contribution in [0.4, 0.5) is 0 Å². The number of benzene rings is 3. The lowest BCUT2D eigenvalue weighted by molar-refractivity contribution is -0.255. The van der Waals surface area contributed by atoms with Crippen molar-refractivity contribution < 1.29 is 14.7 Å². The van der Waals surface area contributed by atoms with Gasteiger partial charge in [0, 0.05) is 11.3 Å². The molecular weight excluding hydrogens is 450 g/mol. The van der Waals surface area contributed by atoms with Crippen LogP contribution in [0.2, 0.25) is 0 Å². The number of nitrogens with zero attached hydrogens (tertiary/aromatic N) is 4. The van der Waals surface area contributed by atoms with Crippen molar-refractivity contribution in [1.82, 2.24) is 20.2 Å². The molecule has 0 aliphatic heterocycles. The first-order valence-corrected chi connectivity index (χ1v) is 11.3. The topological polar surface area (TPSA) is 112 Å². The smallest absolute Gasteiger partial charge is 0.250 e. The van der Waals surface area contributed by atoms with Crippen LogP contribution in [0.15, 0.2) is 89.1 Å². The van der Waals surface area contributed by atoms with Crippen LogP contribution in [-0.4, -0.2) is 38.6 Å². The molecule has 0 aliphatic rings. The highest BCUT2D eigenvalue weighted by molar-refractivity contribution is 7.99. The van der Waals surface area contributed by atoms with Gasteiger partial charge in [-0.05, 0) is 30.2 Å². The number of hydrogen-bond acceptors (Lipinski definition) is 7. The van der Waals surface area contributed by atoms with Crippen molar-refractivity contribution in [1.29, 1.82) is 0 Å². The van der Waals surface area contributed by atoms with Gasteiger partial charge in [-0.2, -0.15) is 5.10 Å². The number of carboxylic acid groups (broad SMARTS) is 1. The summed E-state index contributed by atoms with van der Waals surface area (Å²) in [4.78, 5) is 23.1. The largest absolute Gasteiger partial charge is 0.545 e. The molecule has 0 saturated carbocycles. The fraction of sp³-hybridized carbons (Fsp3) is 0.0800. The fourth-order valence-corrected chi connectivity index (χ4v) is 3.85. The Balaban J connectivity index is 1.45. The van der Waals surface area contributed by atoms with Crippen molar-refractivity contribution in [2.45, 2.75) is 12.1 Å². The van der Waals surface area contributed by atoms with Crippen molar-refractivity contribution in [3.63, 3.8) is 0 Å². The first-order chi connectivity index (χ1) is 16.5. The number of carbonyl (C=O) groups excluding carboxylic acids is 2. The van der Waals surface area contributed by atoms with Gasteiger partial charge in [0.2, 0.25) is 0 Å². The molecule has 3 aromatic carbocycles. The molecule has 9 heteroatoms. The second-order valence-electron chi connectivity index (χ2n) is 7.33. The number of aromatic carboxylic acids is 1. The highest BCUT2D eigenvalue weighted by Crippen LogP contribution is 2.28. The van der Waals surface area contributed by atoms with E-state index in [1.54, 1.807) is 12.1 Å². The number of carboxylic acids is 1. The number of rotatable bonds is 8. The third-order valence-corrected chi connectivity index (χ3v) is 5.77. The predicted molar refractivity (Wildman–Crippen MR) is 129 cm³/mol. The van der Waals surface area contributed by atoms with E-state index in [4.69, 9.17) is 0 Å². The summed E-state index contributed by atoms with van der Waals surface area (Å²) in [6, 6.07) is 23.7. The molecule has 0 spiro atoms. The quantitative estimate of drug-likeness (QED) is 0.241. The number of hydrazone groups is 1. The Morgan fingerprint density at radius 2 is 1.71 bits per heavy atom. The molecule has 4 aromatic rings. The molecule has 8 nitrogen and oxygen atoms in total. The van der Waals surface area contributed by atoms with Gasteiger partial charge in [0.25, 0.3) is 5.91 Å². The molecule has 0 radical (unpaired) electrons. The highest BCUT2D eigenvalue weighted by atomic mass is 32.2.